The van der Waals surface area contributed by atoms with Gasteiger partial charge < -0.3 is 10.0 Å². The smallest absolute Gasteiger partial charge is 0.306 e. The molecule has 0 saturated carbocycles. The van der Waals surface area contributed by atoms with Gasteiger partial charge in [0.25, 0.3) is 0 Å². The predicted octanol–water partition coefficient (Wildman–Crippen LogP) is 3.54. The number of thiophene rings is 1. The van der Waals surface area contributed by atoms with E-state index in [2.05, 4.69) is 9.88 Å². The van der Waals surface area contributed by atoms with E-state index in [1.54, 1.807) is 23.7 Å². The SMILES string of the molecule is O=C(O)C1CCN(c2nc(-c3cccnc3)nc3sc4c(c23)CCC4)CC1. The molecule has 2 aliphatic rings. The molecule has 3 aromatic rings. The zero-order chi connectivity index (χ0) is 18.4. The van der Waals surface area contributed by atoms with Crippen LogP contribution in [0, 0.1) is 5.92 Å². The highest BCUT2D eigenvalue weighted by atomic mass is 32.1. The van der Waals surface area contributed by atoms with E-state index >= 15 is 0 Å². The van der Waals surface area contributed by atoms with Crippen LogP contribution < -0.4 is 4.90 Å². The highest BCUT2D eigenvalue weighted by Gasteiger charge is 2.29. The first-order valence-corrected chi connectivity index (χ1v) is 10.2. The molecule has 5 rings (SSSR count). The van der Waals surface area contributed by atoms with Crippen molar-refractivity contribution in [3.05, 3.63) is 35.0 Å². The zero-order valence-corrected chi connectivity index (χ0v) is 15.7. The van der Waals surface area contributed by atoms with Crippen LogP contribution in [0.2, 0.25) is 0 Å². The topological polar surface area (TPSA) is 79.2 Å². The molecule has 0 bridgehead atoms. The lowest BCUT2D eigenvalue weighted by molar-refractivity contribution is -0.142. The molecule has 3 aromatic heterocycles. The Morgan fingerprint density at radius 2 is 2.07 bits per heavy atom. The minimum Gasteiger partial charge on any atom is -0.481 e. The Morgan fingerprint density at radius 1 is 1.22 bits per heavy atom. The van der Waals surface area contributed by atoms with Gasteiger partial charge in [0.15, 0.2) is 5.82 Å². The summed E-state index contributed by atoms with van der Waals surface area (Å²) in [6.45, 7) is 1.44. The van der Waals surface area contributed by atoms with E-state index < -0.39 is 5.97 Å². The van der Waals surface area contributed by atoms with Crippen LogP contribution in [0.25, 0.3) is 21.6 Å². The van der Waals surface area contributed by atoms with Crippen molar-refractivity contribution in [1.82, 2.24) is 15.0 Å². The maximum absolute atomic E-state index is 11.3. The lowest BCUT2D eigenvalue weighted by atomic mass is 9.97. The second-order valence-corrected chi connectivity index (χ2v) is 8.33. The average molecular weight is 380 g/mol. The van der Waals surface area contributed by atoms with E-state index in [1.165, 1.54) is 22.2 Å². The van der Waals surface area contributed by atoms with Crippen LogP contribution in [0.3, 0.4) is 0 Å². The molecule has 1 N–H and O–H groups in total. The summed E-state index contributed by atoms with van der Waals surface area (Å²) < 4.78 is 0. The number of hydrogen-bond donors (Lipinski definition) is 1. The van der Waals surface area contributed by atoms with Crippen molar-refractivity contribution >= 4 is 33.3 Å². The van der Waals surface area contributed by atoms with Gasteiger partial charge >= 0.3 is 5.97 Å². The second-order valence-electron chi connectivity index (χ2n) is 7.25. The number of rotatable bonds is 3. The quantitative estimate of drug-likeness (QED) is 0.749. The van der Waals surface area contributed by atoms with E-state index in [4.69, 9.17) is 9.97 Å². The molecular formula is C20H20N4O2S. The van der Waals surface area contributed by atoms with Crippen LogP contribution in [-0.2, 0) is 17.6 Å². The number of nitrogens with zero attached hydrogens (tertiary/aromatic N) is 4. The van der Waals surface area contributed by atoms with Crippen LogP contribution in [0.1, 0.15) is 29.7 Å². The van der Waals surface area contributed by atoms with Gasteiger partial charge in [0.1, 0.15) is 10.6 Å². The summed E-state index contributed by atoms with van der Waals surface area (Å²) in [4.78, 5) is 30.1. The van der Waals surface area contributed by atoms with Gasteiger partial charge in [-0.3, -0.25) is 9.78 Å². The number of pyridine rings is 1. The number of aromatic nitrogens is 3. The summed E-state index contributed by atoms with van der Waals surface area (Å²) in [7, 11) is 0. The van der Waals surface area contributed by atoms with E-state index in [-0.39, 0.29) is 5.92 Å². The van der Waals surface area contributed by atoms with E-state index in [9.17, 15) is 9.90 Å². The summed E-state index contributed by atoms with van der Waals surface area (Å²) in [5, 5.41) is 10.5. The number of carboxylic acids is 1. The summed E-state index contributed by atoms with van der Waals surface area (Å²) in [5.41, 5.74) is 2.32. The largest absolute Gasteiger partial charge is 0.481 e. The van der Waals surface area contributed by atoms with Crippen LogP contribution in [0.4, 0.5) is 5.82 Å². The summed E-state index contributed by atoms with van der Waals surface area (Å²) >= 11 is 1.79. The molecule has 4 heterocycles. The average Bonchev–Trinajstić information content (AvgIpc) is 3.29. The third kappa shape index (κ3) is 2.86. The van der Waals surface area contributed by atoms with E-state index in [0.717, 1.165) is 42.1 Å². The molecule has 0 unspecified atom stereocenters. The van der Waals surface area contributed by atoms with Gasteiger partial charge in [-0.1, -0.05) is 0 Å². The van der Waals surface area contributed by atoms with Crippen molar-refractivity contribution < 1.29 is 9.90 Å². The lowest BCUT2D eigenvalue weighted by Gasteiger charge is -2.31. The first kappa shape index (κ1) is 16.6. The normalized spacial score (nSPS) is 17.4. The van der Waals surface area contributed by atoms with Crippen LogP contribution in [0.5, 0.6) is 0 Å². The number of anilines is 1. The standard InChI is InChI=1S/C20H20N4O2S/c25-20(26)12-6-9-24(10-7-12)18-16-14-4-1-5-15(14)27-19(16)23-17(22-18)13-3-2-8-21-11-13/h2-3,8,11-12H,1,4-7,9-10H2,(H,25,26). The molecule has 1 fully saturated rings. The highest BCUT2D eigenvalue weighted by molar-refractivity contribution is 7.19. The number of piperidine rings is 1. The molecule has 138 valence electrons. The monoisotopic (exact) mass is 380 g/mol. The Bertz CT molecular complexity index is 1010. The minimum atomic E-state index is -0.685. The Morgan fingerprint density at radius 3 is 2.81 bits per heavy atom. The van der Waals surface area contributed by atoms with Crippen molar-refractivity contribution in [3.63, 3.8) is 0 Å². The van der Waals surface area contributed by atoms with E-state index in [0.29, 0.717) is 18.7 Å². The summed E-state index contributed by atoms with van der Waals surface area (Å²) in [6.07, 6.45) is 8.28. The molecule has 1 saturated heterocycles. The predicted molar refractivity (Wildman–Crippen MR) is 105 cm³/mol. The van der Waals surface area contributed by atoms with Gasteiger partial charge in [-0.15, -0.1) is 11.3 Å². The molecule has 0 atom stereocenters. The number of carbonyl (C=O) groups is 1. The molecule has 0 aromatic carbocycles. The molecular weight excluding hydrogens is 360 g/mol. The molecule has 6 nitrogen and oxygen atoms in total. The number of carboxylic acid groups (broad SMARTS) is 1. The molecule has 7 heteroatoms. The Kier molecular flexibility index (Phi) is 4.04. The lowest BCUT2D eigenvalue weighted by Crippen LogP contribution is -2.37. The first-order valence-electron chi connectivity index (χ1n) is 9.41. The van der Waals surface area contributed by atoms with Gasteiger partial charge in [-0.2, -0.15) is 0 Å². The van der Waals surface area contributed by atoms with Gasteiger partial charge in [-0.25, -0.2) is 9.97 Å². The Labute approximate surface area is 160 Å². The first-order chi connectivity index (χ1) is 13.2. The van der Waals surface area contributed by atoms with Gasteiger partial charge in [-0.05, 0) is 49.8 Å². The summed E-state index contributed by atoms with van der Waals surface area (Å²) in [5.74, 6) is 0.743. The van der Waals surface area contributed by atoms with E-state index in [1.807, 2.05) is 12.1 Å². The fourth-order valence-corrected chi connectivity index (χ4v) is 5.42. The minimum absolute atomic E-state index is 0.246. The maximum Gasteiger partial charge on any atom is 0.306 e. The molecule has 0 spiro atoms. The Hall–Kier alpha value is -2.54. The maximum atomic E-state index is 11.3. The highest BCUT2D eigenvalue weighted by Crippen LogP contribution is 2.42. The molecule has 1 aliphatic heterocycles. The fraction of sp³-hybridized carbons (Fsp3) is 0.400. The zero-order valence-electron chi connectivity index (χ0n) is 14.9. The van der Waals surface area contributed by atoms with Crippen molar-refractivity contribution in [2.45, 2.75) is 32.1 Å². The molecule has 1 aliphatic carbocycles. The third-order valence-corrected chi connectivity index (χ3v) is 6.79. The van der Waals surface area contributed by atoms with Crippen LogP contribution in [-0.4, -0.2) is 39.1 Å². The van der Waals surface area contributed by atoms with Crippen molar-refractivity contribution in [3.8, 4) is 11.4 Å². The Balaban J connectivity index is 1.62. The van der Waals surface area contributed by atoms with Gasteiger partial charge in [0.05, 0.1) is 11.3 Å². The van der Waals surface area contributed by atoms with Crippen LogP contribution in [0.15, 0.2) is 24.5 Å². The number of fused-ring (bicyclic) bond motifs is 3. The second kappa shape index (κ2) is 6.56. The third-order valence-electron chi connectivity index (χ3n) is 5.61. The number of hydrogen-bond acceptors (Lipinski definition) is 6. The van der Waals surface area contributed by atoms with Gasteiger partial charge in [0, 0.05) is 35.9 Å². The fourth-order valence-electron chi connectivity index (χ4n) is 4.17. The van der Waals surface area contributed by atoms with Crippen molar-refractivity contribution in [1.29, 1.82) is 0 Å². The number of aliphatic carboxylic acids is 1. The van der Waals surface area contributed by atoms with Gasteiger partial charge in [0.2, 0.25) is 0 Å². The van der Waals surface area contributed by atoms with Crippen molar-refractivity contribution in [2.24, 2.45) is 5.92 Å². The molecule has 27 heavy (non-hydrogen) atoms. The van der Waals surface area contributed by atoms with Crippen molar-refractivity contribution in [2.75, 3.05) is 18.0 Å². The van der Waals surface area contributed by atoms with Crippen LogP contribution >= 0.6 is 11.3 Å². The molecule has 0 amide bonds. The number of aryl methyl sites for hydroxylation is 2. The summed E-state index contributed by atoms with van der Waals surface area (Å²) in [6, 6.07) is 3.88. The molecule has 0 radical (unpaired) electrons.